The molecule has 0 N–H and O–H groups in total. The second-order valence-corrected chi connectivity index (χ2v) is 5.98. The Morgan fingerprint density at radius 3 is 2.55 bits per heavy atom. The summed E-state index contributed by atoms with van der Waals surface area (Å²) in [6, 6.07) is 10.6. The molecule has 2 aromatic rings. The Bertz CT molecular complexity index is 632. The van der Waals surface area contributed by atoms with Gasteiger partial charge in [-0.05, 0) is 66.2 Å². The molecule has 1 unspecified atom stereocenters. The topological polar surface area (TPSA) is 42.4 Å². The van der Waals surface area contributed by atoms with E-state index in [-0.39, 0.29) is 5.91 Å². The molecule has 0 bridgehead atoms. The molecule has 1 aromatic heterocycles. The van der Waals surface area contributed by atoms with Crippen molar-refractivity contribution in [3.8, 4) is 5.75 Å². The molecule has 6 heteroatoms. The minimum Gasteiger partial charge on any atom is -0.481 e. The molecule has 1 aromatic carbocycles. The van der Waals surface area contributed by atoms with Crippen LogP contribution in [-0.2, 0) is 4.79 Å². The maximum Gasteiger partial charge on any atom is 0.268 e. The van der Waals surface area contributed by atoms with E-state index in [0.29, 0.717) is 23.1 Å². The van der Waals surface area contributed by atoms with Gasteiger partial charge in [-0.25, -0.2) is 4.98 Å². The first kappa shape index (κ1) is 16.8. The van der Waals surface area contributed by atoms with E-state index in [4.69, 9.17) is 16.3 Å². The molecule has 1 amide bonds. The van der Waals surface area contributed by atoms with Gasteiger partial charge in [0, 0.05) is 22.2 Å². The fourth-order valence-electron chi connectivity index (χ4n) is 1.95. The second-order valence-electron chi connectivity index (χ2n) is 4.63. The van der Waals surface area contributed by atoms with Crippen LogP contribution in [0.15, 0.2) is 47.1 Å². The highest BCUT2D eigenvalue weighted by molar-refractivity contribution is 9.10. The van der Waals surface area contributed by atoms with Crippen molar-refractivity contribution in [2.75, 3.05) is 11.4 Å². The van der Waals surface area contributed by atoms with Gasteiger partial charge in [-0.1, -0.05) is 11.6 Å². The number of carbonyl (C=O) groups is 1. The molecule has 1 heterocycles. The smallest absolute Gasteiger partial charge is 0.268 e. The van der Waals surface area contributed by atoms with Crippen LogP contribution in [0.25, 0.3) is 0 Å². The minimum absolute atomic E-state index is 0.146. The summed E-state index contributed by atoms with van der Waals surface area (Å²) in [6.45, 7) is 4.14. The van der Waals surface area contributed by atoms with Gasteiger partial charge < -0.3 is 4.74 Å². The number of halogens is 2. The lowest BCUT2D eigenvalue weighted by molar-refractivity contribution is -0.124. The first-order valence-electron chi connectivity index (χ1n) is 6.86. The summed E-state index contributed by atoms with van der Waals surface area (Å²) in [4.78, 5) is 18.4. The highest BCUT2D eigenvalue weighted by atomic mass is 79.9. The van der Waals surface area contributed by atoms with Crippen LogP contribution < -0.4 is 9.64 Å². The van der Waals surface area contributed by atoms with E-state index >= 15 is 0 Å². The SMILES string of the molecule is CCN(C(=O)C(C)Oc1ccc(Cl)cc1)c1ccc(Br)cn1. The number of aromatic nitrogens is 1. The normalized spacial score (nSPS) is 11.8. The maximum absolute atomic E-state index is 12.6. The number of likely N-dealkylation sites (N-methyl/N-ethyl adjacent to an activating group) is 1. The van der Waals surface area contributed by atoms with Crippen LogP contribution >= 0.6 is 27.5 Å². The van der Waals surface area contributed by atoms with Gasteiger partial charge in [0.1, 0.15) is 11.6 Å². The fourth-order valence-corrected chi connectivity index (χ4v) is 2.31. The molecule has 4 nitrogen and oxygen atoms in total. The van der Waals surface area contributed by atoms with Gasteiger partial charge in [-0.15, -0.1) is 0 Å². The van der Waals surface area contributed by atoms with Crippen molar-refractivity contribution in [1.82, 2.24) is 4.98 Å². The van der Waals surface area contributed by atoms with E-state index < -0.39 is 6.10 Å². The van der Waals surface area contributed by atoms with Crippen LogP contribution in [0, 0.1) is 0 Å². The zero-order valence-electron chi connectivity index (χ0n) is 12.3. The van der Waals surface area contributed by atoms with Crippen LogP contribution in [0.3, 0.4) is 0 Å². The van der Waals surface area contributed by atoms with Crippen molar-refractivity contribution < 1.29 is 9.53 Å². The van der Waals surface area contributed by atoms with Crippen molar-refractivity contribution in [3.05, 3.63) is 52.1 Å². The Balaban J connectivity index is 2.10. The van der Waals surface area contributed by atoms with Gasteiger partial charge >= 0.3 is 0 Å². The van der Waals surface area contributed by atoms with Crippen molar-refractivity contribution in [1.29, 1.82) is 0 Å². The Morgan fingerprint density at radius 2 is 2.00 bits per heavy atom. The van der Waals surface area contributed by atoms with Crippen LogP contribution in [0.2, 0.25) is 5.02 Å². The second kappa shape index (κ2) is 7.61. The average molecular weight is 384 g/mol. The van der Waals surface area contributed by atoms with Crippen molar-refractivity contribution in [2.24, 2.45) is 0 Å². The standard InChI is InChI=1S/C16H16BrClN2O2/c1-3-20(15-9-4-12(17)10-19-15)16(21)11(2)22-14-7-5-13(18)6-8-14/h4-11H,3H2,1-2H3. The lowest BCUT2D eigenvalue weighted by Gasteiger charge is -2.24. The Kier molecular flexibility index (Phi) is 5.80. The molecular formula is C16H16BrClN2O2. The third-order valence-electron chi connectivity index (χ3n) is 3.04. The summed E-state index contributed by atoms with van der Waals surface area (Å²) in [6.07, 6.45) is 1.04. The lowest BCUT2D eigenvalue weighted by atomic mass is 10.3. The molecule has 0 aliphatic rings. The Labute approximate surface area is 143 Å². The first-order chi connectivity index (χ1) is 10.5. The number of carbonyl (C=O) groups excluding carboxylic acids is 1. The predicted octanol–water partition coefficient (Wildman–Crippen LogP) is 4.32. The Hall–Kier alpha value is -1.59. The zero-order valence-corrected chi connectivity index (χ0v) is 14.6. The molecule has 0 saturated carbocycles. The Morgan fingerprint density at radius 1 is 1.32 bits per heavy atom. The molecule has 1 atom stereocenters. The monoisotopic (exact) mass is 382 g/mol. The summed E-state index contributed by atoms with van der Waals surface area (Å²) in [5.41, 5.74) is 0. The van der Waals surface area contributed by atoms with Crippen LogP contribution in [0.4, 0.5) is 5.82 Å². The molecule has 0 saturated heterocycles. The number of hydrogen-bond donors (Lipinski definition) is 0. The summed E-state index contributed by atoms with van der Waals surface area (Å²) in [5, 5.41) is 0.626. The van der Waals surface area contributed by atoms with E-state index in [1.807, 2.05) is 13.0 Å². The van der Waals surface area contributed by atoms with E-state index in [1.165, 1.54) is 0 Å². The third kappa shape index (κ3) is 4.21. The van der Waals surface area contributed by atoms with E-state index in [2.05, 4.69) is 20.9 Å². The molecule has 0 aliphatic carbocycles. The summed E-state index contributed by atoms with van der Waals surface area (Å²) >= 11 is 9.16. The number of ether oxygens (including phenoxy) is 1. The zero-order chi connectivity index (χ0) is 16.1. The van der Waals surface area contributed by atoms with Gasteiger partial charge in [0.25, 0.3) is 5.91 Å². The fraction of sp³-hybridized carbons (Fsp3) is 0.250. The van der Waals surface area contributed by atoms with Gasteiger partial charge in [0.2, 0.25) is 0 Å². The quantitative estimate of drug-likeness (QED) is 0.772. The number of anilines is 1. The summed E-state index contributed by atoms with van der Waals surface area (Å²) in [7, 11) is 0. The molecular weight excluding hydrogens is 368 g/mol. The average Bonchev–Trinajstić information content (AvgIpc) is 2.52. The van der Waals surface area contributed by atoms with E-state index in [0.717, 1.165) is 4.47 Å². The lowest BCUT2D eigenvalue weighted by Crippen LogP contribution is -2.41. The maximum atomic E-state index is 12.6. The van der Waals surface area contributed by atoms with E-state index in [9.17, 15) is 4.79 Å². The highest BCUT2D eigenvalue weighted by Gasteiger charge is 2.23. The number of rotatable bonds is 5. The van der Waals surface area contributed by atoms with Crippen molar-refractivity contribution >= 4 is 39.3 Å². The van der Waals surface area contributed by atoms with Gasteiger partial charge in [-0.2, -0.15) is 0 Å². The summed E-state index contributed by atoms with van der Waals surface area (Å²) in [5.74, 6) is 1.06. The molecule has 0 aliphatic heterocycles. The van der Waals surface area contributed by atoms with Crippen LogP contribution in [-0.4, -0.2) is 23.5 Å². The third-order valence-corrected chi connectivity index (χ3v) is 3.77. The van der Waals surface area contributed by atoms with Crippen molar-refractivity contribution in [3.63, 3.8) is 0 Å². The first-order valence-corrected chi connectivity index (χ1v) is 8.03. The summed E-state index contributed by atoms with van der Waals surface area (Å²) < 4.78 is 6.54. The number of nitrogens with zero attached hydrogens (tertiary/aromatic N) is 2. The molecule has 2 rings (SSSR count). The van der Waals surface area contributed by atoms with Gasteiger partial charge in [-0.3, -0.25) is 9.69 Å². The van der Waals surface area contributed by atoms with Crippen LogP contribution in [0.1, 0.15) is 13.8 Å². The van der Waals surface area contributed by atoms with Gasteiger partial charge in [0.15, 0.2) is 6.10 Å². The van der Waals surface area contributed by atoms with Crippen LogP contribution in [0.5, 0.6) is 5.75 Å². The predicted molar refractivity (Wildman–Crippen MR) is 91.5 cm³/mol. The van der Waals surface area contributed by atoms with Gasteiger partial charge in [0.05, 0.1) is 0 Å². The molecule has 0 radical (unpaired) electrons. The van der Waals surface area contributed by atoms with Crippen molar-refractivity contribution in [2.45, 2.75) is 20.0 Å². The number of pyridine rings is 1. The number of amides is 1. The molecule has 0 spiro atoms. The highest BCUT2D eigenvalue weighted by Crippen LogP contribution is 2.19. The van der Waals surface area contributed by atoms with E-state index in [1.54, 1.807) is 48.4 Å². The largest absolute Gasteiger partial charge is 0.481 e. The molecule has 22 heavy (non-hydrogen) atoms. The number of benzene rings is 1. The molecule has 0 fully saturated rings. The number of hydrogen-bond acceptors (Lipinski definition) is 3. The minimum atomic E-state index is -0.619. The molecule has 116 valence electrons.